The molecular weight excluding hydrogens is 292 g/mol. The van der Waals surface area contributed by atoms with Crippen molar-refractivity contribution < 1.29 is 9.59 Å². The molecular formula is C17H26N4O2. The van der Waals surface area contributed by atoms with Crippen molar-refractivity contribution >= 4 is 17.5 Å². The van der Waals surface area contributed by atoms with Crippen molar-refractivity contribution in [2.75, 3.05) is 38.0 Å². The molecule has 23 heavy (non-hydrogen) atoms. The molecule has 1 atom stereocenters. The van der Waals surface area contributed by atoms with E-state index in [2.05, 4.69) is 10.2 Å². The lowest BCUT2D eigenvalue weighted by molar-refractivity contribution is -0.135. The van der Waals surface area contributed by atoms with Crippen LogP contribution in [0.3, 0.4) is 0 Å². The summed E-state index contributed by atoms with van der Waals surface area (Å²) in [5.41, 5.74) is 6.72. The monoisotopic (exact) mass is 318 g/mol. The molecule has 1 aromatic carbocycles. The molecule has 0 radical (unpaired) electrons. The molecule has 2 amide bonds. The minimum atomic E-state index is -0.442. The third-order valence-electron chi connectivity index (χ3n) is 4.11. The predicted molar refractivity (Wildman–Crippen MR) is 90.9 cm³/mol. The highest BCUT2D eigenvalue weighted by Gasteiger charge is 2.27. The highest BCUT2D eigenvalue weighted by Crippen LogP contribution is 2.09. The van der Waals surface area contributed by atoms with Gasteiger partial charge in [0.15, 0.2) is 0 Å². The summed E-state index contributed by atoms with van der Waals surface area (Å²) in [6.45, 7) is 6.87. The molecule has 1 heterocycles. The minimum absolute atomic E-state index is 0.00777. The van der Waals surface area contributed by atoms with Gasteiger partial charge in [0.1, 0.15) is 0 Å². The van der Waals surface area contributed by atoms with E-state index in [1.807, 2.05) is 44.2 Å². The van der Waals surface area contributed by atoms with E-state index in [-0.39, 0.29) is 17.7 Å². The maximum Gasteiger partial charge on any atom is 0.239 e. The van der Waals surface area contributed by atoms with Crippen molar-refractivity contribution in [3.05, 3.63) is 30.3 Å². The Balaban J connectivity index is 1.76. The summed E-state index contributed by atoms with van der Waals surface area (Å²) in [7, 11) is 0. The summed E-state index contributed by atoms with van der Waals surface area (Å²) >= 11 is 0. The van der Waals surface area contributed by atoms with Gasteiger partial charge < -0.3 is 16.0 Å². The topological polar surface area (TPSA) is 78.7 Å². The molecule has 3 N–H and O–H groups in total. The van der Waals surface area contributed by atoms with Gasteiger partial charge in [-0.3, -0.25) is 14.5 Å². The average Bonchev–Trinajstić information content (AvgIpc) is 2.55. The Morgan fingerprint density at radius 3 is 2.30 bits per heavy atom. The van der Waals surface area contributed by atoms with Crippen molar-refractivity contribution in [1.29, 1.82) is 0 Å². The van der Waals surface area contributed by atoms with Gasteiger partial charge in [-0.25, -0.2) is 0 Å². The second-order valence-corrected chi connectivity index (χ2v) is 6.29. The van der Waals surface area contributed by atoms with Crippen molar-refractivity contribution in [1.82, 2.24) is 9.80 Å². The number of hydrogen-bond acceptors (Lipinski definition) is 4. The zero-order chi connectivity index (χ0) is 16.8. The van der Waals surface area contributed by atoms with Crippen LogP contribution in [0.5, 0.6) is 0 Å². The van der Waals surface area contributed by atoms with Gasteiger partial charge in [0.05, 0.1) is 12.6 Å². The smallest absolute Gasteiger partial charge is 0.239 e. The van der Waals surface area contributed by atoms with Gasteiger partial charge in [0.25, 0.3) is 0 Å². The maximum absolute atomic E-state index is 12.2. The first-order valence-electron chi connectivity index (χ1n) is 8.09. The van der Waals surface area contributed by atoms with E-state index >= 15 is 0 Å². The van der Waals surface area contributed by atoms with Crippen LogP contribution in [-0.4, -0.2) is 60.4 Å². The summed E-state index contributed by atoms with van der Waals surface area (Å²) in [4.78, 5) is 28.1. The Hall–Kier alpha value is -1.92. The van der Waals surface area contributed by atoms with Crippen LogP contribution >= 0.6 is 0 Å². The summed E-state index contributed by atoms with van der Waals surface area (Å²) < 4.78 is 0. The molecule has 1 saturated heterocycles. The number of carbonyl (C=O) groups excluding carboxylic acids is 2. The highest BCUT2D eigenvalue weighted by molar-refractivity contribution is 5.92. The first kappa shape index (κ1) is 17.4. The number of hydrogen-bond donors (Lipinski definition) is 2. The van der Waals surface area contributed by atoms with Crippen LogP contribution in [0.4, 0.5) is 5.69 Å². The molecule has 6 nitrogen and oxygen atoms in total. The lowest BCUT2D eigenvalue weighted by Crippen LogP contribution is -2.55. The molecule has 0 aromatic heterocycles. The normalized spacial score (nSPS) is 17.1. The number of piperazine rings is 1. The van der Waals surface area contributed by atoms with Gasteiger partial charge in [-0.2, -0.15) is 0 Å². The minimum Gasteiger partial charge on any atom is -0.339 e. The quantitative estimate of drug-likeness (QED) is 0.840. The van der Waals surface area contributed by atoms with Crippen LogP contribution in [0.1, 0.15) is 13.8 Å². The van der Waals surface area contributed by atoms with Crippen molar-refractivity contribution in [2.24, 2.45) is 11.7 Å². The standard InChI is InChI=1S/C17H26N4O2/c1-13(2)16(18)17(23)21-10-8-20(9-11-21)12-15(22)19-14-6-4-3-5-7-14/h3-7,13,16H,8-12,18H2,1-2H3,(H,19,22)/t16-/m0/s1. The van der Waals surface area contributed by atoms with E-state index in [9.17, 15) is 9.59 Å². The van der Waals surface area contributed by atoms with Crippen LogP contribution in [0.2, 0.25) is 0 Å². The number of rotatable bonds is 5. The van der Waals surface area contributed by atoms with Crippen molar-refractivity contribution in [3.8, 4) is 0 Å². The summed E-state index contributed by atoms with van der Waals surface area (Å²) in [5, 5.41) is 2.88. The fraction of sp³-hybridized carbons (Fsp3) is 0.529. The van der Waals surface area contributed by atoms with Gasteiger partial charge in [0.2, 0.25) is 11.8 Å². The first-order valence-corrected chi connectivity index (χ1v) is 8.09. The Bertz CT molecular complexity index is 525. The van der Waals surface area contributed by atoms with Gasteiger partial charge >= 0.3 is 0 Å². The lowest BCUT2D eigenvalue weighted by Gasteiger charge is -2.36. The molecule has 1 aliphatic rings. The molecule has 1 aromatic rings. The first-order chi connectivity index (χ1) is 11.0. The third-order valence-corrected chi connectivity index (χ3v) is 4.11. The molecule has 0 bridgehead atoms. The Kier molecular flexibility index (Phi) is 6.12. The molecule has 0 aliphatic carbocycles. The molecule has 0 saturated carbocycles. The van der Waals surface area contributed by atoms with Gasteiger partial charge in [-0.1, -0.05) is 32.0 Å². The number of amides is 2. The molecule has 0 unspecified atom stereocenters. The Morgan fingerprint density at radius 2 is 1.74 bits per heavy atom. The maximum atomic E-state index is 12.2. The van der Waals surface area contributed by atoms with Gasteiger partial charge in [-0.05, 0) is 18.1 Å². The Labute approximate surface area is 137 Å². The van der Waals surface area contributed by atoms with Crippen LogP contribution < -0.4 is 11.1 Å². The zero-order valence-corrected chi connectivity index (χ0v) is 13.9. The molecule has 6 heteroatoms. The predicted octanol–water partition coefficient (Wildman–Crippen LogP) is 0.753. The fourth-order valence-electron chi connectivity index (χ4n) is 2.55. The number of benzene rings is 1. The molecule has 1 fully saturated rings. The number of nitrogens with one attached hydrogen (secondary N) is 1. The molecule has 1 aliphatic heterocycles. The summed E-state index contributed by atoms with van der Waals surface area (Å²) in [5.74, 6) is 0.112. The number of carbonyl (C=O) groups is 2. The van der Waals surface area contributed by atoms with E-state index in [1.165, 1.54) is 0 Å². The number of para-hydroxylation sites is 1. The van der Waals surface area contributed by atoms with E-state index in [0.717, 1.165) is 5.69 Å². The molecule has 126 valence electrons. The van der Waals surface area contributed by atoms with E-state index in [1.54, 1.807) is 4.90 Å². The van der Waals surface area contributed by atoms with Crippen molar-refractivity contribution in [2.45, 2.75) is 19.9 Å². The Morgan fingerprint density at radius 1 is 1.13 bits per heavy atom. The highest BCUT2D eigenvalue weighted by atomic mass is 16.2. The summed E-state index contributed by atoms with van der Waals surface area (Å²) in [6.07, 6.45) is 0. The fourth-order valence-corrected chi connectivity index (χ4v) is 2.55. The zero-order valence-electron chi connectivity index (χ0n) is 13.9. The average molecular weight is 318 g/mol. The summed E-state index contributed by atoms with van der Waals surface area (Å²) in [6, 6.07) is 8.97. The second-order valence-electron chi connectivity index (χ2n) is 6.29. The largest absolute Gasteiger partial charge is 0.339 e. The van der Waals surface area contributed by atoms with Crippen LogP contribution in [0, 0.1) is 5.92 Å². The van der Waals surface area contributed by atoms with E-state index in [4.69, 9.17) is 5.73 Å². The van der Waals surface area contributed by atoms with Crippen molar-refractivity contribution in [3.63, 3.8) is 0 Å². The van der Waals surface area contributed by atoms with Crippen LogP contribution in [0.25, 0.3) is 0 Å². The van der Waals surface area contributed by atoms with E-state index in [0.29, 0.717) is 32.7 Å². The number of nitrogens with two attached hydrogens (primary N) is 1. The third kappa shape index (κ3) is 5.04. The number of nitrogens with zero attached hydrogens (tertiary/aromatic N) is 2. The molecule has 2 rings (SSSR count). The number of anilines is 1. The van der Waals surface area contributed by atoms with Gasteiger partial charge in [0, 0.05) is 31.9 Å². The lowest BCUT2D eigenvalue weighted by atomic mass is 10.0. The van der Waals surface area contributed by atoms with E-state index < -0.39 is 6.04 Å². The van der Waals surface area contributed by atoms with Gasteiger partial charge in [-0.15, -0.1) is 0 Å². The molecule has 0 spiro atoms. The SMILES string of the molecule is CC(C)[C@H](N)C(=O)N1CCN(CC(=O)Nc2ccccc2)CC1. The van der Waals surface area contributed by atoms with Crippen LogP contribution in [0.15, 0.2) is 30.3 Å². The second kappa shape index (κ2) is 8.08. The van der Waals surface area contributed by atoms with Crippen LogP contribution in [-0.2, 0) is 9.59 Å².